The van der Waals surface area contributed by atoms with Crippen LogP contribution in [0.1, 0.15) is 11.3 Å². The lowest BCUT2D eigenvalue weighted by atomic mass is 10.1. The molecule has 4 heteroatoms. The van der Waals surface area contributed by atoms with Crippen LogP contribution in [0.4, 0.5) is 0 Å². The molecule has 78 valence electrons. The van der Waals surface area contributed by atoms with Crippen molar-refractivity contribution < 1.29 is 0 Å². The number of nitrogens with zero attached hydrogens (tertiary/aromatic N) is 1. The van der Waals surface area contributed by atoms with E-state index in [1.54, 1.807) is 11.3 Å². The molecule has 2 rings (SSSR count). The summed E-state index contributed by atoms with van der Waals surface area (Å²) >= 11 is 9.37. The molecule has 0 aliphatic carbocycles. The molecule has 0 saturated heterocycles. The Hall–Kier alpha value is -0.320. The van der Waals surface area contributed by atoms with Gasteiger partial charge in [0.05, 0.1) is 5.69 Å². The Bertz CT molecular complexity index is 479. The number of aromatic nitrogens is 1. The average molecular weight is 300 g/mol. The summed E-state index contributed by atoms with van der Waals surface area (Å²) in [7, 11) is 0. The first-order valence-electron chi connectivity index (χ1n) is 4.52. The van der Waals surface area contributed by atoms with Crippen molar-refractivity contribution in [2.45, 2.75) is 12.7 Å². The van der Waals surface area contributed by atoms with Crippen molar-refractivity contribution >= 4 is 39.9 Å². The molecular weight excluding hydrogens is 290 g/mol. The Morgan fingerprint density at radius 1 is 1.47 bits per heavy atom. The highest BCUT2D eigenvalue weighted by Crippen LogP contribution is 2.29. The van der Waals surface area contributed by atoms with Gasteiger partial charge in [0.1, 0.15) is 5.01 Å². The van der Waals surface area contributed by atoms with E-state index >= 15 is 0 Å². The lowest BCUT2D eigenvalue weighted by molar-refractivity contribution is 1.24. The molecular formula is C11H10BrNS2. The van der Waals surface area contributed by atoms with Crippen molar-refractivity contribution in [1.82, 2.24) is 4.98 Å². The van der Waals surface area contributed by atoms with Gasteiger partial charge in [-0.1, -0.05) is 22.0 Å². The van der Waals surface area contributed by atoms with Crippen LogP contribution in [0.5, 0.6) is 0 Å². The minimum Gasteiger partial charge on any atom is -0.240 e. The van der Waals surface area contributed by atoms with E-state index in [-0.39, 0.29) is 0 Å². The number of thiazole rings is 1. The molecule has 0 unspecified atom stereocenters. The Morgan fingerprint density at radius 3 is 2.93 bits per heavy atom. The van der Waals surface area contributed by atoms with E-state index in [1.165, 1.54) is 11.1 Å². The molecule has 0 aliphatic heterocycles. The normalized spacial score (nSPS) is 10.6. The quantitative estimate of drug-likeness (QED) is 0.815. The third-order valence-electron chi connectivity index (χ3n) is 2.14. The SMILES string of the molecule is Cc1ccc(Br)cc1-c1nc(CS)cs1. The standard InChI is InChI=1S/C11H10BrNS2/c1-7-2-3-8(12)4-10(7)11-13-9(5-14)6-15-11/h2-4,6,14H,5H2,1H3. The molecule has 1 aromatic carbocycles. The molecule has 0 saturated carbocycles. The first-order valence-corrected chi connectivity index (χ1v) is 6.83. The van der Waals surface area contributed by atoms with Crippen LogP contribution in [0.2, 0.25) is 0 Å². The molecule has 2 aromatic rings. The molecule has 1 aromatic heterocycles. The molecule has 15 heavy (non-hydrogen) atoms. The van der Waals surface area contributed by atoms with Crippen molar-refractivity contribution in [3.8, 4) is 10.6 Å². The van der Waals surface area contributed by atoms with E-state index < -0.39 is 0 Å². The molecule has 0 spiro atoms. The fraction of sp³-hybridized carbons (Fsp3) is 0.182. The van der Waals surface area contributed by atoms with Crippen molar-refractivity contribution in [2.24, 2.45) is 0 Å². The summed E-state index contributed by atoms with van der Waals surface area (Å²) in [5.74, 6) is 0.698. The highest BCUT2D eigenvalue weighted by atomic mass is 79.9. The summed E-state index contributed by atoms with van der Waals surface area (Å²) in [6, 6.07) is 6.25. The van der Waals surface area contributed by atoms with Crippen molar-refractivity contribution in [2.75, 3.05) is 0 Å². The fourth-order valence-corrected chi connectivity index (χ4v) is 2.88. The highest BCUT2D eigenvalue weighted by Gasteiger charge is 2.07. The van der Waals surface area contributed by atoms with Gasteiger partial charge in [0.25, 0.3) is 0 Å². The van der Waals surface area contributed by atoms with E-state index in [0.29, 0.717) is 5.75 Å². The Balaban J connectivity index is 2.48. The molecule has 0 atom stereocenters. The van der Waals surface area contributed by atoms with Crippen LogP contribution in [0.25, 0.3) is 10.6 Å². The summed E-state index contributed by atoms with van der Waals surface area (Å²) in [5, 5.41) is 3.13. The lowest BCUT2D eigenvalue weighted by Crippen LogP contribution is -1.83. The topological polar surface area (TPSA) is 12.9 Å². The Labute approximate surface area is 107 Å². The number of hydrogen-bond donors (Lipinski definition) is 1. The van der Waals surface area contributed by atoms with Crippen LogP contribution in [-0.4, -0.2) is 4.98 Å². The minimum absolute atomic E-state index is 0.698. The lowest BCUT2D eigenvalue weighted by Gasteiger charge is -2.02. The van der Waals surface area contributed by atoms with Crippen molar-refractivity contribution in [1.29, 1.82) is 0 Å². The van der Waals surface area contributed by atoms with Gasteiger partial charge in [-0.2, -0.15) is 12.6 Å². The number of rotatable bonds is 2. The number of aryl methyl sites for hydroxylation is 1. The maximum atomic E-state index is 4.52. The largest absolute Gasteiger partial charge is 0.240 e. The summed E-state index contributed by atoms with van der Waals surface area (Å²) in [6.07, 6.45) is 0. The van der Waals surface area contributed by atoms with Gasteiger partial charge >= 0.3 is 0 Å². The third kappa shape index (κ3) is 2.44. The smallest absolute Gasteiger partial charge is 0.123 e. The zero-order chi connectivity index (χ0) is 10.8. The minimum atomic E-state index is 0.698. The van der Waals surface area contributed by atoms with Gasteiger partial charge in [0, 0.05) is 21.2 Å². The number of thiol groups is 1. The van der Waals surface area contributed by atoms with E-state index in [2.05, 4.69) is 58.0 Å². The summed E-state index contributed by atoms with van der Waals surface area (Å²) in [4.78, 5) is 4.52. The molecule has 0 aliphatic rings. The zero-order valence-corrected chi connectivity index (χ0v) is 11.5. The van der Waals surface area contributed by atoms with E-state index in [0.717, 1.165) is 15.2 Å². The molecule has 1 heterocycles. The second-order valence-electron chi connectivity index (χ2n) is 3.26. The molecule has 0 fully saturated rings. The van der Waals surface area contributed by atoms with Gasteiger partial charge < -0.3 is 0 Å². The molecule has 1 nitrogen and oxygen atoms in total. The molecule has 0 N–H and O–H groups in total. The number of hydrogen-bond acceptors (Lipinski definition) is 3. The number of benzene rings is 1. The van der Waals surface area contributed by atoms with Gasteiger partial charge in [-0.3, -0.25) is 0 Å². The Morgan fingerprint density at radius 2 is 2.27 bits per heavy atom. The van der Waals surface area contributed by atoms with Crippen LogP contribution in [0.3, 0.4) is 0 Å². The fourth-order valence-electron chi connectivity index (χ4n) is 1.33. The molecule has 0 radical (unpaired) electrons. The van der Waals surface area contributed by atoms with Crippen molar-refractivity contribution in [3.05, 3.63) is 39.3 Å². The predicted octanol–water partition coefficient (Wildman–Crippen LogP) is 4.31. The number of halogens is 1. The first kappa shape index (κ1) is 11.2. The third-order valence-corrected chi connectivity index (χ3v) is 3.89. The molecule has 0 bridgehead atoms. The van der Waals surface area contributed by atoms with Gasteiger partial charge in [-0.15, -0.1) is 11.3 Å². The van der Waals surface area contributed by atoms with Crippen LogP contribution in [-0.2, 0) is 5.75 Å². The summed E-state index contributed by atoms with van der Waals surface area (Å²) in [6.45, 7) is 2.10. The monoisotopic (exact) mass is 299 g/mol. The molecule has 0 amide bonds. The van der Waals surface area contributed by atoms with Crippen molar-refractivity contribution in [3.63, 3.8) is 0 Å². The summed E-state index contributed by atoms with van der Waals surface area (Å²) in [5.41, 5.74) is 3.48. The maximum Gasteiger partial charge on any atom is 0.123 e. The highest BCUT2D eigenvalue weighted by molar-refractivity contribution is 9.10. The van der Waals surface area contributed by atoms with Crippen LogP contribution >= 0.6 is 39.9 Å². The van der Waals surface area contributed by atoms with Gasteiger partial charge in [-0.25, -0.2) is 4.98 Å². The first-order chi connectivity index (χ1) is 7.20. The van der Waals surface area contributed by atoms with E-state index in [9.17, 15) is 0 Å². The average Bonchev–Trinajstić information content (AvgIpc) is 2.70. The summed E-state index contributed by atoms with van der Waals surface area (Å²) < 4.78 is 1.09. The van der Waals surface area contributed by atoms with Gasteiger partial charge in [0.2, 0.25) is 0 Å². The Kier molecular flexibility index (Phi) is 3.49. The maximum absolute atomic E-state index is 4.52. The second kappa shape index (κ2) is 4.68. The predicted molar refractivity (Wildman–Crippen MR) is 72.7 cm³/mol. The van der Waals surface area contributed by atoms with Crippen LogP contribution in [0, 0.1) is 6.92 Å². The van der Waals surface area contributed by atoms with Gasteiger partial charge in [0.15, 0.2) is 0 Å². The van der Waals surface area contributed by atoms with Crippen LogP contribution in [0.15, 0.2) is 28.1 Å². The van der Waals surface area contributed by atoms with Crippen LogP contribution < -0.4 is 0 Å². The van der Waals surface area contributed by atoms with Gasteiger partial charge in [-0.05, 0) is 24.6 Å². The van der Waals surface area contributed by atoms with E-state index in [1.807, 2.05) is 6.07 Å². The van der Waals surface area contributed by atoms with E-state index in [4.69, 9.17) is 0 Å². The zero-order valence-electron chi connectivity index (χ0n) is 8.20. The second-order valence-corrected chi connectivity index (χ2v) is 5.35.